The number of carbonyl (C=O) groups is 2. The van der Waals surface area contributed by atoms with Gasteiger partial charge in [0.25, 0.3) is 11.8 Å². The zero-order valence-corrected chi connectivity index (χ0v) is 18.2. The number of hydrogen-bond acceptors (Lipinski definition) is 5. The van der Waals surface area contributed by atoms with Gasteiger partial charge in [0.1, 0.15) is 18.5 Å². The lowest BCUT2D eigenvalue weighted by atomic mass is 9.87. The molecule has 1 aromatic rings. The number of fused-ring (bicyclic) bond motifs is 1. The molecule has 1 aliphatic heterocycles. The van der Waals surface area contributed by atoms with Gasteiger partial charge in [-0.15, -0.1) is 0 Å². The first-order valence-corrected chi connectivity index (χ1v) is 10.1. The first-order valence-electron chi connectivity index (χ1n) is 10.1. The van der Waals surface area contributed by atoms with E-state index in [-0.39, 0.29) is 17.4 Å². The molecule has 0 aliphatic carbocycles. The number of amides is 2. The number of halogens is 1. The van der Waals surface area contributed by atoms with Gasteiger partial charge in [-0.1, -0.05) is 11.6 Å². The van der Waals surface area contributed by atoms with E-state index in [0.717, 1.165) is 5.57 Å². The number of methoxy groups -OCH3 is 1. The summed E-state index contributed by atoms with van der Waals surface area (Å²) in [7, 11) is 3.04. The smallest absolute Gasteiger partial charge is 0.254 e. The van der Waals surface area contributed by atoms with Crippen molar-refractivity contribution in [1.82, 2.24) is 10.6 Å². The van der Waals surface area contributed by atoms with Crippen LogP contribution in [0.3, 0.4) is 0 Å². The number of nitrogens with one attached hydrogen (secondary N) is 2. The molecular formula is C22H31FN2O5. The van der Waals surface area contributed by atoms with Crippen molar-refractivity contribution in [3.63, 3.8) is 0 Å². The molecule has 1 aliphatic rings. The van der Waals surface area contributed by atoms with Crippen molar-refractivity contribution in [3.05, 3.63) is 40.5 Å². The van der Waals surface area contributed by atoms with Crippen LogP contribution in [0.1, 0.15) is 59.4 Å². The predicted molar refractivity (Wildman–Crippen MR) is 112 cm³/mol. The monoisotopic (exact) mass is 422 g/mol. The average molecular weight is 422 g/mol. The molecule has 7 nitrogen and oxygen atoms in total. The molecule has 0 saturated heterocycles. The summed E-state index contributed by atoms with van der Waals surface area (Å²) in [5.41, 5.74) is 2.09. The number of ether oxygens (including phenoxy) is 3. The molecule has 0 aromatic heterocycles. The van der Waals surface area contributed by atoms with Gasteiger partial charge in [0, 0.05) is 50.8 Å². The van der Waals surface area contributed by atoms with Crippen molar-refractivity contribution in [1.29, 1.82) is 0 Å². The summed E-state index contributed by atoms with van der Waals surface area (Å²) < 4.78 is 30.1. The first-order chi connectivity index (χ1) is 14.4. The molecule has 1 heterocycles. The van der Waals surface area contributed by atoms with Crippen molar-refractivity contribution in [2.24, 2.45) is 0 Å². The molecule has 8 heteroatoms. The summed E-state index contributed by atoms with van der Waals surface area (Å²) in [6.45, 7) is 5.76. The fourth-order valence-electron chi connectivity index (χ4n) is 3.57. The molecule has 1 aromatic carbocycles. The van der Waals surface area contributed by atoms with E-state index >= 15 is 0 Å². The van der Waals surface area contributed by atoms with Gasteiger partial charge in [-0.25, -0.2) is 4.39 Å². The van der Waals surface area contributed by atoms with Crippen LogP contribution in [0.15, 0.2) is 23.8 Å². The first kappa shape index (κ1) is 23.8. The van der Waals surface area contributed by atoms with Crippen LogP contribution < -0.4 is 15.4 Å². The topological polar surface area (TPSA) is 85.9 Å². The number of carbonyl (C=O) groups excluding carboxylic acids is 2. The van der Waals surface area contributed by atoms with E-state index < -0.39 is 25.0 Å². The highest BCUT2D eigenvalue weighted by Gasteiger charge is 2.38. The summed E-state index contributed by atoms with van der Waals surface area (Å²) in [5, 5.41) is 5.38. The molecule has 2 rings (SSSR count). The van der Waals surface area contributed by atoms with E-state index in [4.69, 9.17) is 14.2 Å². The van der Waals surface area contributed by atoms with E-state index in [9.17, 15) is 14.0 Å². The average Bonchev–Trinajstić information content (AvgIpc) is 3.15. The lowest BCUT2D eigenvalue weighted by molar-refractivity contribution is -0.122. The SMILES string of the molecule is C/C=C(\C)[C@H]1c2cc(C(=O)NCCC(OC)OCC)cc(C(=O)NC)c2O[C@@H]1CF. The van der Waals surface area contributed by atoms with Crippen LogP contribution in [0.25, 0.3) is 0 Å². The Bertz CT molecular complexity index is 796. The van der Waals surface area contributed by atoms with Gasteiger partial charge in [0.2, 0.25) is 0 Å². The van der Waals surface area contributed by atoms with Gasteiger partial charge in [0.15, 0.2) is 6.29 Å². The third kappa shape index (κ3) is 5.17. The summed E-state index contributed by atoms with van der Waals surface area (Å²) >= 11 is 0. The Kier molecular flexibility index (Phi) is 8.80. The second kappa shape index (κ2) is 11.1. The molecule has 166 valence electrons. The lowest BCUT2D eigenvalue weighted by Crippen LogP contribution is -2.29. The van der Waals surface area contributed by atoms with Crippen LogP contribution in [-0.2, 0) is 9.47 Å². The van der Waals surface area contributed by atoms with Gasteiger partial charge in [-0.05, 0) is 32.9 Å². The van der Waals surface area contributed by atoms with E-state index in [2.05, 4.69) is 10.6 Å². The number of hydrogen-bond donors (Lipinski definition) is 2. The molecule has 0 spiro atoms. The molecular weight excluding hydrogens is 391 g/mol. The number of alkyl halides is 1. The lowest BCUT2D eigenvalue weighted by Gasteiger charge is -2.17. The maximum atomic E-state index is 13.7. The van der Waals surface area contributed by atoms with Crippen LogP contribution >= 0.6 is 0 Å². The molecule has 3 atom stereocenters. The van der Waals surface area contributed by atoms with Crippen LogP contribution in [0.4, 0.5) is 4.39 Å². The van der Waals surface area contributed by atoms with Gasteiger partial charge >= 0.3 is 0 Å². The van der Waals surface area contributed by atoms with E-state index in [1.54, 1.807) is 13.2 Å². The number of allylic oxidation sites excluding steroid dienone is 1. The largest absolute Gasteiger partial charge is 0.486 e. The zero-order valence-electron chi connectivity index (χ0n) is 18.2. The Balaban J connectivity index is 2.34. The molecule has 2 amide bonds. The number of benzene rings is 1. The molecule has 1 unspecified atom stereocenters. The Morgan fingerprint density at radius 1 is 1.33 bits per heavy atom. The minimum absolute atomic E-state index is 0.217. The normalized spacial score (nSPS) is 19.1. The fraction of sp³-hybridized carbons (Fsp3) is 0.545. The molecule has 2 N–H and O–H groups in total. The predicted octanol–water partition coefficient (Wildman–Crippen LogP) is 2.96. The van der Waals surface area contributed by atoms with Crippen molar-refractivity contribution in [2.45, 2.75) is 45.5 Å². The quantitative estimate of drug-likeness (QED) is 0.447. The third-order valence-corrected chi connectivity index (χ3v) is 5.21. The van der Waals surface area contributed by atoms with Crippen molar-refractivity contribution in [3.8, 4) is 5.75 Å². The van der Waals surface area contributed by atoms with Gasteiger partial charge in [-0.2, -0.15) is 0 Å². The Hall–Kier alpha value is -2.45. The van der Waals surface area contributed by atoms with Gasteiger partial charge < -0.3 is 24.8 Å². The summed E-state index contributed by atoms with van der Waals surface area (Å²) in [6.07, 6.45) is 1.23. The van der Waals surface area contributed by atoms with Gasteiger partial charge in [-0.3, -0.25) is 9.59 Å². The summed E-state index contributed by atoms with van der Waals surface area (Å²) in [4.78, 5) is 25.2. The second-order valence-corrected chi connectivity index (χ2v) is 7.01. The fourth-order valence-corrected chi connectivity index (χ4v) is 3.57. The van der Waals surface area contributed by atoms with Crippen LogP contribution in [0, 0.1) is 0 Å². The highest BCUT2D eigenvalue weighted by Crippen LogP contribution is 2.45. The third-order valence-electron chi connectivity index (χ3n) is 5.21. The van der Waals surface area contributed by atoms with Gasteiger partial charge in [0.05, 0.1) is 5.56 Å². The second-order valence-electron chi connectivity index (χ2n) is 7.01. The Morgan fingerprint density at radius 2 is 2.07 bits per heavy atom. The minimum Gasteiger partial charge on any atom is -0.486 e. The van der Waals surface area contributed by atoms with Crippen LogP contribution in [0.5, 0.6) is 5.75 Å². The Labute approximate surface area is 177 Å². The van der Waals surface area contributed by atoms with Crippen LogP contribution in [0.2, 0.25) is 0 Å². The standard InChI is InChI=1S/C22H31FN2O5/c1-6-13(3)19-15-10-14(21(26)25-9-8-18(28-5)29-7-2)11-16(22(27)24-4)20(15)30-17(19)12-23/h6,10-11,17-19H,7-9,12H2,1-5H3,(H,24,27)(H,25,26)/b13-6+/t17-,18?,19+/m1/s1. The highest BCUT2D eigenvalue weighted by atomic mass is 19.1. The molecule has 0 saturated carbocycles. The van der Waals surface area contributed by atoms with E-state index in [1.807, 2.05) is 26.8 Å². The van der Waals surface area contributed by atoms with E-state index in [0.29, 0.717) is 36.4 Å². The van der Waals surface area contributed by atoms with Crippen molar-refractivity contribution < 1.29 is 28.2 Å². The summed E-state index contributed by atoms with van der Waals surface area (Å²) in [6, 6.07) is 3.16. The molecule has 0 fully saturated rings. The van der Waals surface area contributed by atoms with E-state index in [1.165, 1.54) is 13.1 Å². The number of rotatable bonds is 10. The molecule has 0 bridgehead atoms. The van der Waals surface area contributed by atoms with Crippen molar-refractivity contribution >= 4 is 11.8 Å². The Morgan fingerprint density at radius 3 is 2.63 bits per heavy atom. The minimum atomic E-state index is -0.730. The molecule has 30 heavy (non-hydrogen) atoms. The maximum Gasteiger partial charge on any atom is 0.254 e. The zero-order chi connectivity index (χ0) is 22.3. The van der Waals surface area contributed by atoms with Crippen LogP contribution in [-0.4, -0.2) is 58.2 Å². The summed E-state index contributed by atoms with van der Waals surface area (Å²) in [5.74, 6) is -0.763. The molecule has 0 radical (unpaired) electrons. The van der Waals surface area contributed by atoms with Crippen molar-refractivity contribution in [2.75, 3.05) is 34.0 Å². The highest BCUT2D eigenvalue weighted by molar-refractivity contribution is 6.02. The maximum absolute atomic E-state index is 13.7.